The number of carbonyl (C=O) groups excluding carboxylic acids is 1. The highest BCUT2D eigenvalue weighted by Crippen LogP contribution is 2.09. The molecular weight excluding hydrogens is 302 g/mol. The Labute approximate surface area is 148 Å². The van der Waals surface area contributed by atoms with Crippen molar-refractivity contribution in [1.82, 2.24) is 4.90 Å². The molecule has 0 bridgehead atoms. The molecule has 0 heterocycles. The van der Waals surface area contributed by atoms with E-state index in [0.29, 0.717) is 0 Å². The molecule has 140 valence electrons. The van der Waals surface area contributed by atoms with Crippen LogP contribution >= 0.6 is 0 Å². The minimum atomic E-state index is -1.07. The Balaban J connectivity index is 4.13. The fraction of sp³-hybridized carbons (Fsp3) is 0.800. The summed E-state index contributed by atoms with van der Waals surface area (Å²) < 4.78 is 0. The number of unbranched alkanes of at least 4 members (excludes halogenated alkanes) is 10. The largest absolute Gasteiger partial charge is 0.478 e. The molecule has 0 aliphatic heterocycles. The lowest BCUT2D eigenvalue weighted by Crippen LogP contribution is -2.31. The monoisotopic (exact) mass is 339 g/mol. The van der Waals surface area contributed by atoms with Gasteiger partial charge in [0.1, 0.15) is 0 Å². The molecule has 0 atom stereocenters. The van der Waals surface area contributed by atoms with Crippen molar-refractivity contribution in [3.05, 3.63) is 12.2 Å². The van der Waals surface area contributed by atoms with Gasteiger partial charge in [0, 0.05) is 25.2 Å². The second-order valence-corrected chi connectivity index (χ2v) is 6.53. The summed E-state index contributed by atoms with van der Waals surface area (Å²) in [5, 5.41) is 8.68. The molecule has 0 unspecified atom stereocenters. The van der Waals surface area contributed by atoms with E-state index < -0.39 is 5.97 Å². The Morgan fingerprint density at radius 3 is 1.54 bits per heavy atom. The number of hydrogen-bond donors (Lipinski definition) is 1. The maximum atomic E-state index is 12.2. The maximum Gasteiger partial charge on any atom is 0.328 e. The number of rotatable bonds is 16. The van der Waals surface area contributed by atoms with Gasteiger partial charge in [0.15, 0.2) is 0 Å². The smallest absolute Gasteiger partial charge is 0.328 e. The number of carboxylic acid groups (broad SMARTS) is 1. The van der Waals surface area contributed by atoms with Gasteiger partial charge in [-0.2, -0.15) is 0 Å². The van der Waals surface area contributed by atoms with E-state index in [0.717, 1.165) is 44.8 Å². The molecule has 0 aromatic carbocycles. The summed E-state index contributed by atoms with van der Waals surface area (Å²) in [5.74, 6) is -1.23. The Bertz CT molecular complexity index is 337. The zero-order chi connectivity index (χ0) is 18.0. The van der Waals surface area contributed by atoms with Crippen molar-refractivity contribution >= 4 is 11.9 Å². The zero-order valence-electron chi connectivity index (χ0n) is 15.8. The molecule has 0 rings (SSSR count). The Hall–Kier alpha value is -1.32. The van der Waals surface area contributed by atoms with Crippen LogP contribution in [0.15, 0.2) is 12.2 Å². The van der Waals surface area contributed by atoms with Gasteiger partial charge in [0.05, 0.1) is 0 Å². The third-order valence-electron chi connectivity index (χ3n) is 4.24. The van der Waals surface area contributed by atoms with E-state index in [1.807, 2.05) is 4.90 Å². The van der Waals surface area contributed by atoms with E-state index in [1.54, 1.807) is 0 Å². The van der Waals surface area contributed by atoms with Crippen LogP contribution < -0.4 is 0 Å². The third-order valence-corrected chi connectivity index (χ3v) is 4.24. The van der Waals surface area contributed by atoms with Crippen molar-refractivity contribution < 1.29 is 14.7 Å². The minimum absolute atomic E-state index is 0.167. The summed E-state index contributed by atoms with van der Waals surface area (Å²) in [6, 6.07) is 0. The van der Waals surface area contributed by atoms with Crippen LogP contribution in [0.4, 0.5) is 0 Å². The van der Waals surface area contributed by atoms with E-state index in [4.69, 9.17) is 5.11 Å². The minimum Gasteiger partial charge on any atom is -0.478 e. The number of aliphatic carboxylic acids is 1. The first-order valence-corrected chi connectivity index (χ1v) is 9.81. The van der Waals surface area contributed by atoms with Crippen LogP contribution in [0.3, 0.4) is 0 Å². The van der Waals surface area contributed by atoms with Crippen LogP contribution in [0.25, 0.3) is 0 Å². The lowest BCUT2D eigenvalue weighted by Gasteiger charge is -2.21. The highest BCUT2D eigenvalue weighted by atomic mass is 16.4. The molecule has 0 aromatic rings. The first-order chi connectivity index (χ1) is 11.6. The van der Waals surface area contributed by atoms with E-state index in [2.05, 4.69) is 13.8 Å². The molecule has 4 heteroatoms. The fourth-order valence-electron chi connectivity index (χ4n) is 2.75. The van der Waals surface area contributed by atoms with Gasteiger partial charge in [0.2, 0.25) is 5.91 Å². The molecule has 1 N–H and O–H groups in total. The van der Waals surface area contributed by atoms with Gasteiger partial charge in [-0.3, -0.25) is 4.79 Å². The molecule has 0 fully saturated rings. The number of nitrogens with zero attached hydrogens (tertiary/aromatic N) is 1. The third kappa shape index (κ3) is 14.3. The molecule has 0 spiro atoms. The van der Waals surface area contributed by atoms with E-state index >= 15 is 0 Å². The number of carboxylic acids is 1. The van der Waals surface area contributed by atoms with Crippen molar-refractivity contribution in [2.24, 2.45) is 0 Å². The molecule has 24 heavy (non-hydrogen) atoms. The van der Waals surface area contributed by atoms with Crippen LogP contribution in [-0.2, 0) is 9.59 Å². The molecule has 0 saturated carbocycles. The van der Waals surface area contributed by atoms with Gasteiger partial charge in [-0.05, 0) is 12.8 Å². The average molecular weight is 340 g/mol. The highest BCUT2D eigenvalue weighted by Gasteiger charge is 2.10. The summed E-state index contributed by atoms with van der Waals surface area (Å²) in [6.45, 7) is 5.89. The fourth-order valence-corrected chi connectivity index (χ4v) is 2.75. The molecule has 0 saturated heterocycles. The van der Waals surface area contributed by atoms with Crippen LogP contribution in [0.2, 0.25) is 0 Å². The topological polar surface area (TPSA) is 57.6 Å². The molecule has 4 nitrogen and oxygen atoms in total. The first-order valence-electron chi connectivity index (χ1n) is 9.81. The summed E-state index contributed by atoms with van der Waals surface area (Å²) in [7, 11) is 0. The summed E-state index contributed by atoms with van der Waals surface area (Å²) in [4.78, 5) is 24.6. The predicted octanol–water partition coefficient (Wildman–Crippen LogP) is 5.18. The van der Waals surface area contributed by atoms with Gasteiger partial charge in [-0.25, -0.2) is 4.79 Å². The van der Waals surface area contributed by atoms with E-state index in [-0.39, 0.29) is 5.91 Å². The molecule has 0 aromatic heterocycles. The van der Waals surface area contributed by atoms with Crippen molar-refractivity contribution in [3.63, 3.8) is 0 Å². The van der Waals surface area contributed by atoms with Gasteiger partial charge < -0.3 is 10.0 Å². The first kappa shape index (κ1) is 22.7. The van der Waals surface area contributed by atoms with Gasteiger partial charge in [0.25, 0.3) is 0 Å². The van der Waals surface area contributed by atoms with Crippen molar-refractivity contribution in [1.29, 1.82) is 0 Å². The maximum absolute atomic E-state index is 12.2. The van der Waals surface area contributed by atoms with E-state index in [1.165, 1.54) is 57.4 Å². The normalized spacial score (nSPS) is 11.1. The Morgan fingerprint density at radius 2 is 1.12 bits per heavy atom. The summed E-state index contributed by atoms with van der Waals surface area (Å²) >= 11 is 0. The van der Waals surface area contributed by atoms with Gasteiger partial charge in [-0.15, -0.1) is 0 Å². The molecule has 1 amide bonds. The molecular formula is C20H37NO3. The van der Waals surface area contributed by atoms with Gasteiger partial charge >= 0.3 is 5.97 Å². The lowest BCUT2D eigenvalue weighted by molar-refractivity contribution is -0.132. The van der Waals surface area contributed by atoms with Crippen molar-refractivity contribution in [2.75, 3.05) is 13.1 Å². The van der Waals surface area contributed by atoms with Crippen LogP contribution in [0, 0.1) is 0 Å². The predicted molar refractivity (Wildman–Crippen MR) is 100 cm³/mol. The number of carbonyl (C=O) groups is 2. The van der Waals surface area contributed by atoms with E-state index in [9.17, 15) is 9.59 Å². The van der Waals surface area contributed by atoms with Crippen LogP contribution in [-0.4, -0.2) is 35.0 Å². The molecule has 0 radical (unpaired) electrons. The number of hydrogen-bond acceptors (Lipinski definition) is 2. The lowest BCUT2D eigenvalue weighted by atomic mass is 10.1. The molecule has 0 aliphatic carbocycles. The van der Waals surface area contributed by atoms with Gasteiger partial charge in [-0.1, -0.05) is 78.1 Å². The standard InChI is InChI=1S/C20H37NO3/c1-3-5-7-9-11-13-17-21(19(22)15-16-20(23)24)18-14-12-10-8-6-4-2/h15-16H,3-14,17-18H2,1-2H3,(H,23,24)/b16-15+. The molecule has 0 aliphatic rings. The Morgan fingerprint density at radius 1 is 0.708 bits per heavy atom. The van der Waals surface area contributed by atoms with Crippen molar-refractivity contribution in [2.45, 2.75) is 90.9 Å². The van der Waals surface area contributed by atoms with Crippen molar-refractivity contribution in [3.8, 4) is 0 Å². The summed E-state index contributed by atoms with van der Waals surface area (Å²) in [6.07, 6.45) is 16.4. The second kappa shape index (κ2) is 16.5. The summed E-state index contributed by atoms with van der Waals surface area (Å²) in [5.41, 5.74) is 0. The average Bonchev–Trinajstić information content (AvgIpc) is 2.56. The SMILES string of the molecule is CCCCCCCCN(CCCCCCCC)C(=O)/C=C/C(=O)O. The van der Waals surface area contributed by atoms with Crippen LogP contribution in [0.1, 0.15) is 90.9 Å². The second-order valence-electron chi connectivity index (χ2n) is 6.53. The highest BCUT2D eigenvalue weighted by molar-refractivity contribution is 5.93. The number of amides is 1. The zero-order valence-corrected chi connectivity index (χ0v) is 15.8. The quantitative estimate of drug-likeness (QED) is 0.311. The Kier molecular flexibility index (Phi) is 15.6. The van der Waals surface area contributed by atoms with Crippen LogP contribution in [0.5, 0.6) is 0 Å².